The van der Waals surface area contributed by atoms with E-state index >= 15 is 0 Å². The first-order valence-electron chi connectivity index (χ1n) is 2.59. The van der Waals surface area contributed by atoms with Crippen LogP contribution in [0, 0.1) is 0 Å². The van der Waals surface area contributed by atoms with Gasteiger partial charge in [0.05, 0.1) is 0 Å². The molecule has 0 bridgehead atoms. The molecule has 0 fully saturated rings. The molecule has 0 saturated carbocycles. The molecule has 3 amide bonds. The number of hydrogen-bond acceptors (Lipinski definition) is 2. The van der Waals surface area contributed by atoms with E-state index in [2.05, 4.69) is 4.99 Å². The second kappa shape index (κ2) is 3.60. The number of aliphatic imine (C=N–C) groups is 1. The molecule has 0 aliphatic carbocycles. The summed E-state index contributed by atoms with van der Waals surface area (Å²) in [6.45, 7) is 1.54. The summed E-state index contributed by atoms with van der Waals surface area (Å²) >= 11 is 0. The SMILES string of the molecule is CC=NC(=O)N(C)C(=O)O. The van der Waals surface area contributed by atoms with Gasteiger partial charge in [-0.3, -0.25) is 0 Å². The van der Waals surface area contributed by atoms with E-state index < -0.39 is 12.1 Å². The number of amides is 3. The second-order valence-corrected chi connectivity index (χ2v) is 1.51. The van der Waals surface area contributed by atoms with Gasteiger partial charge in [0.15, 0.2) is 0 Å². The fourth-order valence-electron chi connectivity index (χ4n) is 0.279. The standard InChI is InChI=1S/C5H8N2O3/c1-3-6-4(8)7(2)5(9)10/h3H,1-2H3,(H,9,10). The molecule has 1 N–H and O–H groups in total. The summed E-state index contributed by atoms with van der Waals surface area (Å²) < 4.78 is 0. The quantitative estimate of drug-likeness (QED) is 0.511. The zero-order valence-electron chi connectivity index (χ0n) is 5.74. The number of carboxylic acid groups (broad SMARTS) is 1. The Bertz CT molecular complexity index is 176. The van der Waals surface area contributed by atoms with Crippen molar-refractivity contribution < 1.29 is 14.7 Å². The van der Waals surface area contributed by atoms with Crippen molar-refractivity contribution >= 4 is 18.3 Å². The van der Waals surface area contributed by atoms with E-state index in [1.165, 1.54) is 13.1 Å². The third-order valence-electron chi connectivity index (χ3n) is 0.813. The van der Waals surface area contributed by atoms with Crippen molar-refractivity contribution in [3.8, 4) is 0 Å². The Labute approximate surface area is 58.0 Å². The third-order valence-corrected chi connectivity index (χ3v) is 0.813. The molecule has 10 heavy (non-hydrogen) atoms. The maximum Gasteiger partial charge on any atom is 0.415 e. The van der Waals surface area contributed by atoms with Gasteiger partial charge in [0.1, 0.15) is 0 Å². The average molecular weight is 144 g/mol. The van der Waals surface area contributed by atoms with Gasteiger partial charge in [0, 0.05) is 13.3 Å². The molecule has 0 unspecified atom stereocenters. The normalized spacial score (nSPS) is 9.80. The van der Waals surface area contributed by atoms with Crippen LogP contribution in [-0.2, 0) is 0 Å². The van der Waals surface area contributed by atoms with Crippen molar-refractivity contribution in [3.63, 3.8) is 0 Å². The number of carbonyl (C=O) groups excluding carboxylic acids is 1. The lowest BCUT2D eigenvalue weighted by Gasteiger charge is -2.04. The molecule has 0 aromatic rings. The highest BCUT2D eigenvalue weighted by Gasteiger charge is 2.12. The largest absolute Gasteiger partial charge is 0.465 e. The average Bonchev–Trinajstić information content (AvgIpc) is 1.87. The van der Waals surface area contributed by atoms with Crippen molar-refractivity contribution in [1.29, 1.82) is 0 Å². The summed E-state index contributed by atoms with van der Waals surface area (Å²) in [4.78, 5) is 24.3. The minimum absolute atomic E-state index is 0.500. The Balaban J connectivity index is 4.08. The van der Waals surface area contributed by atoms with E-state index in [0.717, 1.165) is 7.05 Å². The number of rotatable bonds is 0. The molecule has 0 radical (unpaired) electrons. The highest BCUT2D eigenvalue weighted by atomic mass is 16.4. The lowest BCUT2D eigenvalue weighted by atomic mass is 10.8. The molecular formula is C5H8N2O3. The van der Waals surface area contributed by atoms with Crippen LogP contribution in [0.1, 0.15) is 6.92 Å². The maximum absolute atomic E-state index is 10.5. The van der Waals surface area contributed by atoms with Crippen LogP contribution in [0.5, 0.6) is 0 Å². The van der Waals surface area contributed by atoms with Gasteiger partial charge in [-0.05, 0) is 6.92 Å². The van der Waals surface area contributed by atoms with Crippen molar-refractivity contribution in [2.24, 2.45) is 4.99 Å². The van der Waals surface area contributed by atoms with Gasteiger partial charge in [-0.15, -0.1) is 0 Å². The molecule has 5 nitrogen and oxygen atoms in total. The zero-order chi connectivity index (χ0) is 8.15. The fourth-order valence-corrected chi connectivity index (χ4v) is 0.279. The molecule has 0 spiro atoms. The monoisotopic (exact) mass is 144 g/mol. The van der Waals surface area contributed by atoms with E-state index in [0.29, 0.717) is 4.90 Å². The molecule has 0 heterocycles. The number of nitrogens with zero attached hydrogens (tertiary/aromatic N) is 2. The van der Waals surface area contributed by atoms with Crippen LogP contribution < -0.4 is 0 Å². The first-order valence-corrected chi connectivity index (χ1v) is 2.59. The van der Waals surface area contributed by atoms with Gasteiger partial charge >= 0.3 is 12.1 Å². The predicted octanol–water partition coefficient (Wildman–Crippen LogP) is 0.807. The zero-order valence-corrected chi connectivity index (χ0v) is 5.74. The number of carbonyl (C=O) groups is 2. The smallest absolute Gasteiger partial charge is 0.415 e. The van der Waals surface area contributed by atoms with Crippen molar-refractivity contribution in [3.05, 3.63) is 0 Å². The van der Waals surface area contributed by atoms with E-state index in [1.807, 2.05) is 0 Å². The number of imide groups is 1. The van der Waals surface area contributed by atoms with Crippen molar-refractivity contribution in [2.75, 3.05) is 7.05 Å². The van der Waals surface area contributed by atoms with Crippen molar-refractivity contribution in [1.82, 2.24) is 4.90 Å². The topological polar surface area (TPSA) is 70.0 Å². The Morgan fingerprint density at radius 2 is 2.10 bits per heavy atom. The molecule has 0 aromatic carbocycles. The van der Waals surface area contributed by atoms with Gasteiger partial charge < -0.3 is 5.11 Å². The summed E-state index contributed by atoms with van der Waals surface area (Å²) in [5.41, 5.74) is 0. The van der Waals surface area contributed by atoms with Crippen LogP contribution in [0.25, 0.3) is 0 Å². The number of hydrogen-bond donors (Lipinski definition) is 1. The first kappa shape index (κ1) is 8.61. The fraction of sp³-hybridized carbons (Fsp3) is 0.400. The van der Waals surface area contributed by atoms with E-state index in [1.54, 1.807) is 0 Å². The summed E-state index contributed by atoms with van der Waals surface area (Å²) in [5, 5.41) is 8.21. The molecule has 0 aliphatic rings. The highest BCUT2D eigenvalue weighted by Crippen LogP contribution is 1.87. The molecule has 0 aromatic heterocycles. The van der Waals surface area contributed by atoms with Crippen LogP contribution in [0.2, 0.25) is 0 Å². The molecule has 0 saturated heterocycles. The molecule has 0 rings (SSSR count). The van der Waals surface area contributed by atoms with Crippen LogP contribution in [-0.4, -0.2) is 35.4 Å². The Hall–Kier alpha value is -1.39. The lowest BCUT2D eigenvalue weighted by molar-refractivity contribution is 0.160. The minimum Gasteiger partial charge on any atom is -0.465 e. The maximum atomic E-state index is 10.5. The van der Waals surface area contributed by atoms with Gasteiger partial charge in [-0.1, -0.05) is 0 Å². The van der Waals surface area contributed by atoms with Gasteiger partial charge in [-0.25, -0.2) is 19.5 Å². The predicted molar refractivity (Wildman–Crippen MR) is 35.3 cm³/mol. The summed E-state index contributed by atoms with van der Waals surface area (Å²) in [6.07, 6.45) is -0.0718. The highest BCUT2D eigenvalue weighted by molar-refractivity contribution is 5.93. The van der Waals surface area contributed by atoms with Crippen LogP contribution in [0.3, 0.4) is 0 Å². The molecule has 5 heteroatoms. The first-order chi connectivity index (χ1) is 4.59. The van der Waals surface area contributed by atoms with Crippen LogP contribution in [0.15, 0.2) is 4.99 Å². The van der Waals surface area contributed by atoms with Gasteiger partial charge in [0.25, 0.3) is 0 Å². The summed E-state index contributed by atoms with van der Waals surface area (Å²) in [6, 6.07) is -0.782. The molecule has 0 aliphatic heterocycles. The van der Waals surface area contributed by atoms with Crippen LogP contribution >= 0.6 is 0 Å². The Morgan fingerprint density at radius 3 is 2.40 bits per heavy atom. The van der Waals surface area contributed by atoms with Crippen molar-refractivity contribution in [2.45, 2.75) is 6.92 Å². The third kappa shape index (κ3) is 2.25. The Morgan fingerprint density at radius 1 is 1.60 bits per heavy atom. The van der Waals surface area contributed by atoms with Crippen LogP contribution in [0.4, 0.5) is 9.59 Å². The van der Waals surface area contributed by atoms with E-state index in [4.69, 9.17) is 5.11 Å². The Kier molecular flexibility index (Phi) is 3.10. The second-order valence-electron chi connectivity index (χ2n) is 1.51. The van der Waals surface area contributed by atoms with Gasteiger partial charge in [0.2, 0.25) is 0 Å². The minimum atomic E-state index is -1.31. The van der Waals surface area contributed by atoms with Gasteiger partial charge in [-0.2, -0.15) is 0 Å². The van der Waals surface area contributed by atoms with E-state index in [-0.39, 0.29) is 0 Å². The molecular weight excluding hydrogens is 136 g/mol. The molecule has 0 atom stereocenters. The molecule has 56 valence electrons. The summed E-state index contributed by atoms with van der Waals surface area (Å²) in [7, 11) is 1.14. The summed E-state index contributed by atoms with van der Waals surface area (Å²) in [5.74, 6) is 0. The number of urea groups is 1. The lowest BCUT2D eigenvalue weighted by Crippen LogP contribution is -2.29. The van der Waals surface area contributed by atoms with E-state index in [9.17, 15) is 9.59 Å².